The molecule has 0 bridgehead atoms. The van der Waals surface area contributed by atoms with Gasteiger partial charge in [0.05, 0.1) is 11.4 Å². The third-order valence-corrected chi connectivity index (χ3v) is 16.9. The number of hydrogen-bond donors (Lipinski definition) is 0. The van der Waals surface area contributed by atoms with Crippen LogP contribution in [0.2, 0.25) is 0 Å². The molecule has 0 fully saturated rings. The highest BCUT2D eigenvalue weighted by Gasteiger charge is 2.31. The number of hydrogen-bond acceptors (Lipinski definition) is 2. The molecule has 290 valence electrons. The highest BCUT2D eigenvalue weighted by molar-refractivity contribution is 7.80. The molecule has 8 aromatic carbocycles. The van der Waals surface area contributed by atoms with E-state index in [1.165, 1.54) is 54.1 Å². The minimum atomic E-state index is -0.709. The Balaban J connectivity index is 1.03. The first kappa shape index (κ1) is 38.7. The van der Waals surface area contributed by atoms with Crippen LogP contribution in [0.5, 0.6) is 11.5 Å². The SMILES string of the molecule is CN1c2ccc(C(C)(C)c3cccc(P(c4ccccc4)c4ccccc4)c3)cc2Oc2cc(C(C)(C)c3cccc(P(c4ccccc4)c4ccccc4)c3)ccc21. The van der Waals surface area contributed by atoms with Crippen LogP contribution in [-0.2, 0) is 10.8 Å². The van der Waals surface area contributed by atoms with E-state index >= 15 is 0 Å². The smallest absolute Gasteiger partial charge is 0.151 e. The summed E-state index contributed by atoms with van der Waals surface area (Å²) in [5.41, 5.74) is 6.60. The summed E-state index contributed by atoms with van der Waals surface area (Å²) in [6, 6.07) is 75.8. The maximum atomic E-state index is 6.91. The molecule has 8 aromatic rings. The topological polar surface area (TPSA) is 12.5 Å². The lowest BCUT2D eigenvalue weighted by atomic mass is 9.77. The van der Waals surface area contributed by atoms with Gasteiger partial charge in [0.2, 0.25) is 0 Å². The van der Waals surface area contributed by atoms with E-state index in [9.17, 15) is 0 Å². The quantitative estimate of drug-likeness (QED) is 0.128. The third-order valence-electron chi connectivity index (χ3n) is 12.0. The molecule has 1 heterocycles. The fourth-order valence-corrected chi connectivity index (χ4v) is 13.1. The first-order valence-corrected chi connectivity index (χ1v) is 23.1. The van der Waals surface area contributed by atoms with Gasteiger partial charge in [-0.15, -0.1) is 0 Å². The Morgan fingerprint density at radius 2 is 0.644 bits per heavy atom. The zero-order chi connectivity index (χ0) is 40.6. The van der Waals surface area contributed by atoms with Crippen LogP contribution in [0.3, 0.4) is 0 Å². The highest BCUT2D eigenvalue weighted by Crippen LogP contribution is 2.49. The zero-order valence-corrected chi connectivity index (χ0v) is 36.2. The molecule has 0 spiro atoms. The van der Waals surface area contributed by atoms with Crippen molar-refractivity contribution >= 4 is 59.0 Å². The second-order valence-corrected chi connectivity index (χ2v) is 20.8. The number of ether oxygens (including phenoxy) is 1. The molecule has 9 rings (SSSR count). The summed E-state index contributed by atoms with van der Waals surface area (Å²) in [7, 11) is 0.729. The van der Waals surface area contributed by atoms with Gasteiger partial charge < -0.3 is 9.64 Å². The average molecular weight is 802 g/mol. The molecule has 4 heteroatoms. The molecule has 0 saturated heterocycles. The summed E-state index contributed by atoms with van der Waals surface area (Å²) >= 11 is 0. The standard InChI is InChI=1S/C55H49NOP2/c1-54(2,40-20-18-30-48(36-40)58(44-22-10-6-11-23-44)45-24-12-7-13-25-45)42-32-34-50-52(38-42)57-53-39-43(33-35-51(53)56(50)5)55(3,4)41-21-19-31-49(37-41)59(46-26-14-8-15-27-46)47-28-16-9-17-29-47/h6-39H,1-5H3. The van der Waals surface area contributed by atoms with Crippen LogP contribution in [0.4, 0.5) is 11.4 Å². The lowest BCUT2D eigenvalue weighted by Crippen LogP contribution is -2.25. The molecule has 0 unspecified atom stereocenters. The van der Waals surface area contributed by atoms with E-state index in [4.69, 9.17) is 4.74 Å². The van der Waals surface area contributed by atoms with Gasteiger partial charge in [0.1, 0.15) is 0 Å². The van der Waals surface area contributed by atoms with Crippen molar-refractivity contribution in [1.29, 1.82) is 0 Å². The van der Waals surface area contributed by atoms with Crippen molar-refractivity contribution in [2.45, 2.75) is 38.5 Å². The fraction of sp³-hybridized carbons (Fsp3) is 0.127. The molecular weight excluding hydrogens is 753 g/mol. The maximum Gasteiger partial charge on any atom is 0.151 e. The van der Waals surface area contributed by atoms with Gasteiger partial charge in [-0.2, -0.15) is 0 Å². The van der Waals surface area contributed by atoms with E-state index in [1.54, 1.807) is 0 Å². The van der Waals surface area contributed by atoms with Gasteiger partial charge in [-0.1, -0.05) is 198 Å². The van der Waals surface area contributed by atoms with Crippen LogP contribution in [-0.4, -0.2) is 7.05 Å². The first-order chi connectivity index (χ1) is 28.7. The van der Waals surface area contributed by atoms with Crippen LogP contribution >= 0.6 is 15.8 Å². The average Bonchev–Trinajstić information content (AvgIpc) is 3.28. The monoisotopic (exact) mass is 801 g/mol. The zero-order valence-electron chi connectivity index (χ0n) is 34.4. The van der Waals surface area contributed by atoms with Crippen molar-refractivity contribution in [2.75, 3.05) is 11.9 Å². The molecule has 59 heavy (non-hydrogen) atoms. The summed E-state index contributed by atoms with van der Waals surface area (Å²) < 4.78 is 6.91. The minimum Gasteiger partial charge on any atom is -0.453 e. The van der Waals surface area contributed by atoms with Crippen molar-refractivity contribution in [1.82, 2.24) is 0 Å². The Kier molecular flexibility index (Phi) is 10.6. The Morgan fingerprint density at radius 3 is 0.983 bits per heavy atom. The Bertz CT molecular complexity index is 2450. The number of fused-ring (bicyclic) bond motifs is 2. The number of anilines is 2. The largest absolute Gasteiger partial charge is 0.453 e. The molecule has 1 aliphatic heterocycles. The molecular formula is C55H49NOP2. The van der Waals surface area contributed by atoms with Crippen molar-refractivity contribution < 1.29 is 4.74 Å². The van der Waals surface area contributed by atoms with Crippen LogP contribution in [0.25, 0.3) is 0 Å². The van der Waals surface area contributed by atoms with Crippen molar-refractivity contribution in [2.24, 2.45) is 0 Å². The van der Waals surface area contributed by atoms with Gasteiger partial charge >= 0.3 is 0 Å². The van der Waals surface area contributed by atoms with Gasteiger partial charge in [-0.3, -0.25) is 0 Å². The van der Waals surface area contributed by atoms with Crippen LogP contribution < -0.4 is 41.5 Å². The maximum absolute atomic E-state index is 6.91. The molecule has 0 atom stereocenters. The van der Waals surface area contributed by atoms with E-state index in [2.05, 4.69) is 246 Å². The summed E-state index contributed by atoms with van der Waals surface area (Å²) in [4.78, 5) is 2.27. The molecule has 2 nitrogen and oxygen atoms in total. The molecule has 0 amide bonds. The molecule has 1 aliphatic rings. The lowest BCUT2D eigenvalue weighted by molar-refractivity contribution is 0.470. The highest BCUT2D eigenvalue weighted by atomic mass is 31.1. The summed E-state index contributed by atoms with van der Waals surface area (Å²) in [6.45, 7) is 9.32. The second-order valence-electron chi connectivity index (χ2n) is 16.4. The van der Waals surface area contributed by atoms with E-state index < -0.39 is 15.8 Å². The molecule has 0 aromatic heterocycles. The fourth-order valence-electron chi connectivity index (χ4n) is 8.38. The normalized spacial score (nSPS) is 12.6. The van der Waals surface area contributed by atoms with Gasteiger partial charge in [0.15, 0.2) is 11.5 Å². The van der Waals surface area contributed by atoms with Gasteiger partial charge in [0, 0.05) is 17.9 Å². The van der Waals surface area contributed by atoms with Crippen molar-refractivity contribution in [3.63, 3.8) is 0 Å². The van der Waals surface area contributed by atoms with Crippen molar-refractivity contribution in [3.8, 4) is 11.5 Å². The second kappa shape index (κ2) is 16.1. The number of nitrogens with zero attached hydrogens (tertiary/aromatic N) is 1. The minimum absolute atomic E-state index is 0.268. The number of rotatable bonds is 10. The predicted octanol–water partition coefficient (Wildman–Crippen LogP) is 11.7. The van der Waals surface area contributed by atoms with E-state index in [1.807, 2.05) is 0 Å². The summed E-state index contributed by atoms with van der Waals surface area (Å²) in [6.07, 6.45) is 0. The Morgan fingerprint density at radius 1 is 0.339 bits per heavy atom. The Labute approximate surface area is 352 Å². The molecule has 0 radical (unpaired) electrons. The van der Waals surface area contributed by atoms with Crippen LogP contribution in [0, 0.1) is 0 Å². The van der Waals surface area contributed by atoms with Crippen LogP contribution in [0.1, 0.15) is 49.9 Å². The molecule has 0 aliphatic carbocycles. The third kappa shape index (κ3) is 7.53. The van der Waals surface area contributed by atoms with E-state index in [-0.39, 0.29) is 10.8 Å². The predicted molar refractivity (Wildman–Crippen MR) is 256 cm³/mol. The van der Waals surface area contributed by atoms with Gasteiger partial charge in [-0.05, 0) is 106 Å². The number of benzene rings is 8. The van der Waals surface area contributed by atoms with Gasteiger partial charge in [-0.25, -0.2) is 0 Å². The Hall–Kier alpha value is -5.78. The first-order valence-electron chi connectivity index (χ1n) is 20.4. The molecule has 0 N–H and O–H groups in total. The van der Waals surface area contributed by atoms with Crippen LogP contribution in [0.15, 0.2) is 206 Å². The lowest BCUT2D eigenvalue weighted by Gasteiger charge is -2.34. The molecule has 0 saturated carbocycles. The van der Waals surface area contributed by atoms with E-state index in [0.29, 0.717) is 0 Å². The van der Waals surface area contributed by atoms with Crippen molar-refractivity contribution in [3.05, 3.63) is 229 Å². The van der Waals surface area contributed by atoms with Gasteiger partial charge in [0.25, 0.3) is 0 Å². The summed E-state index contributed by atoms with van der Waals surface area (Å²) in [5, 5.41) is 8.12. The van der Waals surface area contributed by atoms with E-state index in [0.717, 1.165) is 22.9 Å². The summed E-state index contributed by atoms with van der Waals surface area (Å²) in [5.74, 6) is 1.76.